The van der Waals surface area contributed by atoms with E-state index >= 15 is 0 Å². The molecule has 0 spiro atoms. The summed E-state index contributed by atoms with van der Waals surface area (Å²) in [6, 6.07) is 8.33. The predicted molar refractivity (Wildman–Crippen MR) is 55.4 cm³/mol. The Morgan fingerprint density at radius 1 is 1.43 bits per heavy atom. The Labute approximate surface area is 84.0 Å². The molecule has 0 fully saturated rings. The molecule has 1 aliphatic heterocycles. The Kier molecular flexibility index (Phi) is 3.01. The molecule has 1 heterocycles. The summed E-state index contributed by atoms with van der Waals surface area (Å²) in [5.41, 5.74) is 2.55. The van der Waals surface area contributed by atoms with Gasteiger partial charge in [-0.3, -0.25) is 0 Å². The van der Waals surface area contributed by atoms with Crippen LogP contribution in [0.25, 0.3) is 0 Å². The normalized spacial score (nSPS) is 19.9. The molecular weight excluding hydrogens is 178 g/mol. The Hall–Kier alpha value is -1.06. The SMILES string of the molecule is COCOC1CNc2ccccc2C1. The van der Waals surface area contributed by atoms with Gasteiger partial charge in [0, 0.05) is 25.8 Å². The van der Waals surface area contributed by atoms with Crippen molar-refractivity contribution in [3.63, 3.8) is 0 Å². The van der Waals surface area contributed by atoms with Crippen LogP contribution in [0.15, 0.2) is 24.3 Å². The van der Waals surface area contributed by atoms with Gasteiger partial charge in [0.05, 0.1) is 6.10 Å². The average Bonchev–Trinajstić information content (AvgIpc) is 2.26. The summed E-state index contributed by atoms with van der Waals surface area (Å²) in [5.74, 6) is 0. The molecule has 76 valence electrons. The summed E-state index contributed by atoms with van der Waals surface area (Å²) in [7, 11) is 1.64. The van der Waals surface area contributed by atoms with E-state index in [2.05, 4.69) is 23.5 Å². The van der Waals surface area contributed by atoms with Gasteiger partial charge in [-0.2, -0.15) is 0 Å². The lowest BCUT2D eigenvalue weighted by atomic mass is 10.0. The number of nitrogens with one attached hydrogen (secondary N) is 1. The summed E-state index contributed by atoms with van der Waals surface area (Å²) >= 11 is 0. The lowest BCUT2D eigenvalue weighted by Gasteiger charge is -2.25. The maximum atomic E-state index is 5.50. The highest BCUT2D eigenvalue weighted by Gasteiger charge is 2.17. The number of rotatable bonds is 3. The standard InChI is InChI=1S/C11H15NO2/c1-13-8-14-10-6-9-4-2-3-5-11(9)12-7-10/h2-5,10,12H,6-8H2,1H3. The number of methoxy groups -OCH3 is 1. The molecule has 0 radical (unpaired) electrons. The fourth-order valence-corrected chi connectivity index (χ4v) is 1.69. The Balaban J connectivity index is 1.99. The first-order valence-corrected chi connectivity index (χ1v) is 4.82. The van der Waals surface area contributed by atoms with Crippen molar-refractivity contribution in [2.24, 2.45) is 0 Å². The van der Waals surface area contributed by atoms with Gasteiger partial charge in [-0.15, -0.1) is 0 Å². The van der Waals surface area contributed by atoms with Crippen molar-refractivity contribution in [1.82, 2.24) is 0 Å². The van der Waals surface area contributed by atoms with Crippen LogP contribution in [0.3, 0.4) is 0 Å². The number of para-hydroxylation sites is 1. The molecule has 3 heteroatoms. The smallest absolute Gasteiger partial charge is 0.146 e. The minimum Gasteiger partial charge on any atom is -0.382 e. The monoisotopic (exact) mass is 193 g/mol. The van der Waals surface area contributed by atoms with Gasteiger partial charge in [0.25, 0.3) is 0 Å². The minimum atomic E-state index is 0.227. The van der Waals surface area contributed by atoms with Gasteiger partial charge in [-0.1, -0.05) is 18.2 Å². The van der Waals surface area contributed by atoms with Crippen molar-refractivity contribution in [1.29, 1.82) is 0 Å². The Morgan fingerprint density at radius 2 is 2.29 bits per heavy atom. The molecule has 3 nitrogen and oxygen atoms in total. The molecule has 14 heavy (non-hydrogen) atoms. The highest BCUT2D eigenvalue weighted by molar-refractivity contribution is 5.53. The Morgan fingerprint density at radius 3 is 3.14 bits per heavy atom. The van der Waals surface area contributed by atoms with E-state index in [4.69, 9.17) is 9.47 Å². The van der Waals surface area contributed by atoms with E-state index < -0.39 is 0 Å². The van der Waals surface area contributed by atoms with Crippen LogP contribution in [0, 0.1) is 0 Å². The molecule has 0 bridgehead atoms. The number of hydrogen-bond acceptors (Lipinski definition) is 3. The van der Waals surface area contributed by atoms with Crippen LogP contribution in [-0.2, 0) is 15.9 Å². The van der Waals surface area contributed by atoms with Crippen LogP contribution in [0.4, 0.5) is 5.69 Å². The number of anilines is 1. The molecule has 2 rings (SSSR count). The van der Waals surface area contributed by atoms with Gasteiger partial charge >= 0.3 is 0 Å². The van der Waals surface area contributed by atoms with Crippen molar-refractivity contribution in [3.8, 4) is 0 Å². The van der Waals surface area contributed by atoms with Crippen LogP contribution in [0.2, 0.25) is 0 Å². The van der Waals surface area contributed by atoms with E-state index in [1.54, 1.807) is 7.11 Å². The lowest BCUT2D eigenvalue weighted by Crippen LogP contribution is -2.30. The zero-order valence-corrected chi connectivity index (χ0v) is 8.32. The fourth-order valence-electron chi connectivity index (χ4n) is 1.69. The Bertz CT molecular complexity index is 301. The van der Waals surface area contributed by atoms with Gasteiger partial charge in [0.2, 0.25) is 0 Å². The van der Waals surface area contributed by atoms with E-state index in [1.165, 1.54) is 11.3 Å². The molecule has 0 aliphatic carbocycles. The molecule has 0 amide bonds. The molecular formula is C11H15NO2. The fraction of sp³-hybridized carbons (Fsp3) is 0.455. The van der Waals surface area contributed by atoms with Gasteiger partial charge < -0.3 is 14.8 Å². The van der Waals surface area contributed by atoms with Crippen molar-refractivity contribution in [2.45, 2.75) is 12.5 Å². The first kappa shape index (κ1) is 9.49. The van der Waals surface area contributed by atoms with Gasteiger partial charge in [0.15, 0.2) is 0 Å². The first-order valence-electron chi connectivity index (χ1n) is 4.82. The minimum absolute atomic E-state index is 0.227. The molecule has 0 saturated heterocycles. The summed E-state index contributed by atoms with van der Waals surface area (Å²) < 4.78 is 10.4. The third-order valence-electron chi connectivity index (χ3n) is 2.41. The van der Waals surface area contributed by atoms with E-state index in [9.17, 15) is 0 Å². The van der Waals surface area contributed by atoms with Crippen LogP contribution < -0.4 is 5.32 Å². The molecule has 1 aliphatic rings. The predicted octanol–water partition coefficient (Wildman–Crippen LogP) is 1.64. The largest absolute Gasteiger partial charge is 0.382 e. The van der Waals surface area contributed by atoms with E-state index in [0.717, 1.165) is 13.0 Å². The molecule has 0 saturated carbocycles. The molecule has 1 N–H and O–H groups in total. The number of fused-ring (bicyclic) bond motifs is 1. The first-order chi connectivity index (χ1) is 6.90. The highest BCUT2D eigenvalue weighted by atomic mass is 16.7. The second-order valence-electron chi connectivity index (χ2n) is 3.44. The summed E-state index contributed by atoms with van der Waals surface area (Å²) in [4.78, 5) is 0. The summed E-state index contributed by atoms with van der Waals surface area (Å²) in [6.45, 7) is 1.23. The number of hydrogen-bond donors (Lipinski definition) is 1. The van der Waals surface area contributed by atoms with Crippen molar-refractivity contribution in [2.75, 3.05) is 25.8 Å². The van der Waals surface area contributed by atoms with Crippen molar-refractivity contribution >= 4 is 5.69 Å². The highest BCUT2D eigenvalue weighted by Crippen LogP contribution is 2.22. The van der Waals surface area contributed by atoms with Crippen LogP contribution in [-0.4, -0.2) is 26.6 Å². The zero-order valence-electron chi connectivity index (χ0n) is 8.32. The molecule has 1 atom stereocenters. The summed E-state index contributed by atoms with van der Waals surface area (Å²) in [5, 5.41) is 3.34. The second kappa shape index (κ2) is 4.44. The summed E-state index contributed by atoms with van der Waals surface area (Å²) in [6.07, 6.45) is 1.19. The van der Waals surface area contributed by atoms with Crippen molar-refractivity contribution < 1.29 is 9.47 Å². The van der Waals surface area contributed by atoms with E-state index in [0.29, 0.717) is 6.79 Å². The quantitative estimate of drug-likeness (QED) is 0.740. The van der Waals surface area contributed by atoms with Crippen LogP contribution in [0.1, 0.15) is 5.56 Å². The zero-order chi connectivity index (χ0) is 9.80. The molecule has 1 aromatic rings. The average molecular weight is 193 g/mol. The third-order valence-corrected chi connectivity index (χ3v) is 2.41. The van der Waals surface area contributed by atoms with Crippen LogP contribution in [0.5, 0.6) is 0 Å². The lowest BCUT2D eigenvalue weighted by molar-refractivity contribution is -0.0672. The van der Waals surface area contributed by atoms with Gasteiger partial charge in [-0.05, 0) is 11.6 Å². The third kappa shape index (κ3) is 2.05. The van der Waals surface area contributed by atoms with E-state index in [1.807, 2.05) is 6.07 Å². The maximum absolute atomic E-state index is 5.50. The molecule has 1 aromatic carbocycles. The second-order valence-corrected chi connectivity index (χ2v) is 3.44. The topological polar surface area (TPSA) is 30.5 Å². The molecule has 1 unspecified atom stereocenters. The number of ether oxygens (including phenoxy) is 2. The van der Waals surface area contributed by atoms with Gasteiger partial charge in [-0.25, -0.2) is 0 Å². The maximum Gasteiger partial charge on any atom is 0.146 e. The van der Waals surface area contributed by atoms with E-state index in [-0.39, 0.29) is 6.10 Å². The van der Waals surface area contributed by atoms with Crippen molar-refractivity contribution in [3.05, 3.63) is 29.8 Å². The number of benzene rings is 1. The van der Waals surface area contributed by atoms with Gasteiger partial charge in [0.1, 0.15) is 6.79 Å². The molecule has 0 aromatic heterocycles. The van der Waals surface area contributed by atoms with Crippen LogP contribution >= 0.6 is 0 Å².